The molecule has 1 atom stereocenters. The second-order valence-corrected chi connectivity index (χ2v) is 10.0. The van der Waals surface area contributed by atoms with Gasteiger partial charge in [0, 0.05) is 50.4 Å². The number of nitrogens with one attached hydrogen (secondary N) is 1. The Morgan fingerprint density at radius 2 is 1.63 bits per heavy atom. The largest absolute Gasteiger partial charge is 0.353 e. The first-order valence-electron chi connectivity index (χ1n) is 12.6. The maximum absolute atomic E-state index is 14.0. The summed E-state index contributed by atoms with van der Waals surface area (Å²) in [6.45, 7) is 3.01. The van der Waals surface area contributed by atoms with Crippen LogP contribution in [0.4, 0.5) is 0 Å². The molecule has 5 rings (SSSR count). The first-order valence-corrected chi connectivity index (χ1v) is 13.0. The van der Waals surface area contributed by atoms with E-state index in [4.69, 9.17) is 16.3 Å². The summed E-state index contributed by atoms with van der Waals surface area (Å²) >= 11 is 6.26. The third-order valence-electron chi connectivity index (χ3n) is 7.31. The zero-order valence-electron chi connectivity index (χ0n) is 21.1. The van der Waals surface area contributed by atoms with Crippen LogP contribution in [0.2, 0.25) is 5.02 Å². The number of carbonyl (C=O) groups is 3. The average molecular weight is 533 g/mol. The number of carbonyl (C=O) groups excluding carboxylic acids is 3. The van der Waals surface area contributed by atoms with E-state index in [-0.39, 0.29) is 24.3 Å². The van der Waals surface area contributed by atoms with E-state index >= 15 is 0 Å². The molecule has 0 bridgehead atoms. The number of amides is 3. The first-order chi connectivity index (χ1) is 18.4. The van der Waals surface area contributed by atoms with E-state index in [1.807, 2.05) is 37.3 Å². The van der Waals surface area contributed by atoms with Gasteiger partial charge in [0.2, 0.25) is 5.91 Å². The molecule has 1 aromatic heterocycles. The number of piperidine rings is 1. The van der Waals surface area contributed by atoms with Crippen LogP contribution < -0.4 is 5.32 Å². The predicted molar refractivity (Wildman–Crippen MR) is 142 cm³/mol. The molecule has 2 aliphatic heterocycles. The second-order valence-electron chi connectivity index (χ2n) is 9.61. The van der Waals surface area contributed by atoms with Gasteiger partial charge < -0.3 is 15.0 Å². The van der Waals surface area contributed by atoms with Gasteiger partial charge in [0.05, 0.1) is 17.2 Å². The Morgan fingerprint density at radius 3 is 2.32 bits per heavy atom. The van der Waals surface area contributed by atoms with Gasteiger partial charge >= 0.3 is 0 Å². The van der Waals surface area contributed by atoms with Gasteiger partial charge in [0.1, 0.15) is 11.8 Å². The third-order valence-corrected chi connectivity index (χ3v) is 7.64. The standard InChI is InChI=1S/C29H29ClN4O4/c1-20-6-2-3-7-22(20)28(37)34-25(26(35)32-18-21-10-14-31-15-11-21)19-38-29(34)12-16-33(17-13-29)27(36)23-8-4-5-9-24(23)30/h2-11,14-15,25H,12-13,16-19H2,1H3,(H,32,35). The van der Waals surface area contributed by atoms with Crippen LogP contribution in [-0.4, -0.2) is 64.0 Å². The fourth-order valence-electron chi connectivity index (χ4n) is 5.18. The molecule has 196 valence electrons. The lowest BCUT2D eigenvalue weighted by atomic mass is 9.95. The molecule has 8 nitrogen and oxygen atoms in total. The maximum Gasteiger partial charge on any atom is 0.257 e. The SMILES string of the molecule is Cc1ccccc1C(=O)N1C(C(=O)NCc2ccncc2)COC12CCN(C(=O)c1ccccc1Cl)CC2. The predicted octanol–water partition coefficient (Wildman–Crippen LogP) is 3.83. The number of nitrogens with zero attached hydrogens (tertiary/aromatic N) is 3. The molecule has 0 saturated carbocycles. The van der Waals surface area contributed by atoms with Crippen molar-refractivity contribution in [3.8, 4) is 0 Å². The molecule has 38 heavy (non-hydrogen) atoms. The molecule has 2 aromatic carbocycles. The number of ether oxygens (including phenoxy) is 1. The highest BCUT2D eigenvalue weighted by atomic mass is 35.5. The van der Waals surface area contributed by atoms with Crippen LogP contribution in [0, 0.1) is 6.92 Å². The smallest absolute Gasteiger partial charge is 0.257 e. The zero-order chi connectivity index (χ0) is 26.7. The van der Waals surface area contributed by atoms with E-state index < -0.39 is 11.8 Å². The summed E-state index contributed by atoms with van der Waals surface area (Å²) in [7, 11) is 0. The molecule has 3 heterocycles. The van der Waals surface area contributed by atoms with Crippen LogP contribution in [0.1, 0.15) is 44.7 Å². The van der Waals surface area contributed by atoms with Crippen LogP contribution in [0.25, 0.3) is 0 Å². The van der Waals surface area contributed by atoms with Crippen LogP contribution in [0.3, 0.4) is 0 Å². The molecule has 0 radical (unpaired) electrons. The Kier molecular flexibility index (Phi) is 7.44. The summed E-state index contributed by atoms with van der Waals surface area (Å²) in [5, 5.41) is 3.35. The fourth-order valence-corrected chi connectivity index (χ4v) is 5.40. The highest BCUT2D eigenvalue weighted by Gasteiger charge is 2.54. The second kappa shape index (κ2) is 10.9. The summed E-state index contributed by atoms with van der Waals surface area (Å²) < 4.78 is 6.29. The number of benzene rings is 2. The highest BCUT2D eigenvalue weighted by molar-refractivity contribution is 6.33. The molecule has 2 aliphatic rings. The van der Waals surface area contributed by atoms with Crippen molar-refractivity contribution < 1.29 is 19.1 Å². The van der Waals surface area contributed by atoms with E-state index in [0.29, 0.717) is 48.6 Å². The number of likely N-dealkylation sites (tertiary alicyclic amines) is 1. The number of pyridine rings is 1. The van der Waals surface area contributed by atoms with Crippen molar-refractivity contribution in [3.63, 3.8) is 0 Å². The minimum atomic E-state index is -0.991. The van der Waals surface area contributed by atoms with Gasteiger partial charge in [-0.15, -0.1) is 0 Å². The Balaban J connectivity index is 1.38. The molecular formula is C29H29ClN4O4. The van der Waals surface area contributed by atoms with E-state index in [1.54, 1.807) is 52.5 Å². The van der Waals surface area contributed by atoms with Gasteiger partial charge in [-0.2, -0.15) is 0 Å². The average Bonchev–Trinajstić information content (AvgIpc) is 3.31. The molecule has 0 aliphatic carbocycles. The molecule has 1 unspecified atom stereocenters. The van der Waals surface area contributed by atoms with Crippen molar-refractivity contribution in [2.24, 2.45) is 0 Å². The van der Waals surface area contributed by atoms with E-state index in [9.17, 15) is 14.4 Å². The van der Waals surface area contributed by atoms with Gasteiger partial charge in [0.25, 0.3) is 11.8 Å². The molecule has 2 saturated heterocycles. The Morgan fingerprint density at radius 1 is 0.974 bits per heavy atom. The third kappa shape index (κ3) is 5.01. The lowest BCUT2D eigenvalue weighted by molar-refractivity contribution is -0.128. The Hall–Kier alpha value is -3.75. The van der Waals surface area contributed by atoms with Crippen molar-refractivity contribution in [2.45, 2.75) is 38.1 Å². The minimum absolute atomic E-state index is 0.0816. The van der Waals surface area contributed by atoms with Crippen LogP contribution in [-0.2, 0) is 16.1 Å². The number of rotatable bonds is 5. The fraction of sp³-hybridized carbons (Fsp3) is 0.310. The molecule has 9 heteroatoms. The summed E-state index contributed by atoms with van der Waals surface area (Å²) in [6.07, 6.45) is 4.10. The number of halogens is 1. The summed E-state index contributed by atoms with van der Waals surface area (Å²) in [5.41, 5.74) is 1.71. The van der Waals surface area contributed by atoms with E-state index in [1.165, 1.54) is 0 Å². The van der Waals surface area contributed by atoms with Crippen molar-refractivity contribution in [2.75, 3.05) is 19.7 Å². The number of aryl methyl sites for hydroxylation is 1. The molecule has 1 N–H and O–H groups in total. The molecular weight excluding hydrogens is 504 g/mol. The van der Waals surface area contributed by atoms with Crippen LogP contribution >= 0.6 is 11.6 Å². The van der Waals surface area contributed by atoms with Crippen LogP contribution in [0.15, 0.2) is 73.1 Å². The highest BCUT2D eigenvalue weighted by Crippen LogP contribution is 2.39. The summed E-state index contributed by atoms with van der Waals surface area (Å²) in [4.78, 5) is 47.8. The normalized spacial score (nSPS) is 18.4. The topological polar surface area (TPSA) is 91.8 Å². The maximum atomic E-state index is 14.0. The molecule has 1 spiro atoms. The van der Waals surface area contributed by atoms with Crippen LogP contribution in [0.5, 0.6) is 0 Å². The van der Waals surface area contributed by atoms with Gasteiger partial charge in [0.15, 0.2) is 0 Å². The monoisotopic (exact) mass is 532 g/mol. The minimum Gasteiger partial charge on any atom is -0.353 e. The first kappa shape index (κ1) is 25.9. The molecule has 3 aromatic rings. The lowest BCUT2D eigenvalue weighted by Gasteiger charge is -2.44. The van der Waals surface area contributed by atoms with Gasteiger partial charge in [-0.05, 0) is 48.4 Å². The molecule has 2 fully saturated rings. The summed E-state index contributed by atoms with van der Waals surface area (Å²) in [5.74, 6) is -0.697. The van der Waals surface area contributed by atoms with Gasteiger partial charge in [-0.1, -0.05) is 41.9 Å². The van der Waals surface area contributed by atoms with Gasteiger partial charge in [-0.3, -0.25) is 24.3 Å². The van der Waals surface area contributed by atoms with E-state index in [2.05, 4.69) is 10.3 Å². The van der Waals surface area contributed by atoms with Crippen molar-refractivity contribution in [1.29, 1.82) is 0 Å². The zero-order valence-corrected chi connectivity index (χ0v) is 21.9. The number of hydrogen-bond donors (Lipinski definition) is 1. The van der Waals surface area contributed by atoms with Crippen molar-refractivity contribution in [1.82, 2.24) is 20.1 Å². The Labute approximate surface area is 226 Å². The Bertz CT molecular complexity index is 1340. The number of aromatic nitrogens is 1. The van der Waals surface area contributed by atoms with Crippen molar-refractivity contribution in [3.05, 3.63) is 100 Å². The molecule has 3 amide bonds. The number of hydrogen-bond acceptors (Lipinski definition) is 5. The lowest BCUT2D eigenvalue weighted by Crippen LogP contribution is -2.59. The quantitative estimate of drug-likeness (QED) is 0.539. The van der Waals surface area contributed by atoms with Gasteiger partial charge in [-0.25, -0.2) is 0 Å². The summed E-state index contributed by atoms with van der Waals surface area (Å²) in [6, 6.07) is 17.2. The van der Waals surface area contributed by atoms with E-state index in [0.717, 1.165) is 11.1 Å². The van der Waals surface area contributed by atoms with Crippen molar-refractivity contribution >= 4 is 29.3 Å².